The number of nitrogens with zero attached hydrogens (tertiary/aromatic N) is 1. The summed E-state index contributed by atoms with van der Waals surface area (Å²) in [5, 5.41) is 1.76. The summed E-state index contributed by atoms with van der Waals surface area (Å²) in [6.45, 7) is 7.54. The fourth-order valence-electron chi connectivity index (χ4n) is 2.44. The maximum Gasteiger partial charge on any atom is 0.355 e. The molecule has 0 spiro atoms. The molecular weight excluding hydrogens is 332 g/mol. The standard InChI is InChI=1S/C16H20N2O5S/c1-5-22-14(19)12-10(3)13(17-11(12)4)15(20)23-7-6-18-9(2)8-24-16(18)21/h8,17H,5-7H2,1-4H3. The number of esters is 2. The summed E-state index contributed by atoms with van der Waals surface area (Å²) in [7, 11) is 0. The van der Waals surface area contributed by atoms with E-state index in [1.54, 1.807) is 30.7 Å². The fourth-order valence-corrected chi connectivity index (χ4v) is 3.20. The lowest BCUT2D eigenvalue weighted by Crippen LogP contribution is -2.20. The minimum atomic E-state index is -0.563. The lowest BCUT2D eigenvalue weighted by molar-refractivity contribution is 0.0483. The highest BCUT2D eigenvalue weighted by Crippen LogP contribution is 2.19. The normalized spacial score (nSPS) is 10.7. The molecule has 0 fully saturated rings. The Bertz CT molecular complexity index is 815. The Kier molecular flexibility index (Phi) is 5.61. The Morgan fingerprint density at radius 3 is 2.50 bits per heavy atom. The van der Waals surface area contributed by atoms with Crippen LogP contribution in [-0.4, -0.2) is 34.7 Å². The van der Waals surface area contributed by atoms with Crippen LogP contribution in [0.4, 0.5) is 0 Å². The smallest absolute Gasteiger partial charge is 0.355 e. The maximum absolute atomic E-state index is 12.2. The Labute approximate surface area is 143 Å². The zero-order chi connectivity index (χ0) is 17.9. The van der Waals surface area contributed by atoms with Crippen LogP contribution in [0, 0.1) is 20.8 Å². The molecule has 0 saturated carbocycles. The first-order valence-corrected chi connectivity index (χ1v) is 8.43. The summed E-state index contributed by atoms with van der Waals surface area (Å²) in [5.74, 6) is -1.03. The zero-order valence-corrected chi connectivity index (χ0v) is 14.9. The van der Waals surface area contributed by atoms with Gasteiger partial charge in [0.15, 0.2) is 0 Å². The Hall–Kier alpha value is -2.35. The number of hydrogen-bond acceptors (Lipinski definition) is 6. The number of rotatable bonds is 6. The molecule has 2 aromatic rings. The average Bonchev–Trinajstić information content (AvgIpc) is 3.00. The fraction of sp³-hybridized carbons (Fsp3) is 0.438. The molecular formula is C16H20N2O5S. The average molecular weight is 352 g/mol. The van der Waals surface area contributed by atoms with Gasteiger partial charge in [-0.15, -0.1) is 0 Å². The van der Waals surface area contributed by atoms with Crippen molar-refractivity contribution in [3.05, 3.63) is 43.3 Å². The van der Waals surface area contributed by atoms with Gasteiger partial charge in [-0.3, -0.25) is 9.36 Å². The van der Waals surface area contributed by atoms with Gasteiger partial charge in [-0.05, 0) is 33.3 Å². The van der Waals surface area contributed by atoms with Crippen molar-refractivity contribution in [1.29, 1.82) is 0 Å². The van der Waals surface area contributed by atoms with Gasteiger partial charge in [-0.2, -0.15) is 0 Å². The quantitative estimate of drug-likeness (QED) is 0.805. The number of nitrogens with one attached hydrogen (secondary N) is 1. The largest absolute Gasteiger partial charge is 0.462 e. The van der Waals surface area contributed by atoms with Gasteiger partial charge in [0.25, 0.3) is 0 Å². The van der Waals surface area contributed by atoms with Crippen molar-refractivity contribution in [3.8, 4) is 0 Å². The third kappa shape index (κ3) is 3.59. The Morgan fingerprint density at radius 2 is 1.92 bits per heavy atom. The van der Waals surface area contributed by atoms with E-state index in [0.29, 0.717) is 23.4 Å². The van der Waals surface area contributed by atoms with Gasteiger partial charge in [0.2, 0.25) is 0 Å². The van der Waals surface area contributed by atoms with Crippen LogP contribution in [0.5, 0.6) is 0 Å². The molecule has 0 atom stereocenters. The number of hydrogen-bond donors (Lipinski definition) is 1. The van der Waals surface area contributed by atoms with Gasteiger partial charge < -0.3 is 14.5 Å². The van der Waals surface area contributed by atoms with Crippen LogP contribution in [0.3, 0.4) is 0 Å². The van der Waals surface area contributed by atoms with Crippen molar-refractivity contribution in [2.45, 2.75) is 34.2 Å². The highest BCUT2D eigenvalue weighted by molar-refractivity contribution is 7.07. The van der Waals surface area contributed by atoms with Crippen LogP contribution >= 0.6 is 11.3 Å². The molecule has 7 nitrogen and oxygen atoms in total. The van der Waals surface area contributed by atoms with E-state index in [1.807, 2.05) is 6.92 Å². The predicted octanol–water partition coefficient (Wildman–Crippen LogP) is 2.20. The van der Waals surface area contributed by atoms with Crippen molar-refractivity contribution >= 4 is 23.3 Å². The summed E-state index contributed by atoms with van der Waals surface area (Å²) in [6, 6.07) is 0. The summed E-state index contributed by atoms with van der Waals surface area (Å²) < 4.78 is 11.8. The van der Waals surface area contributed by atoms with Crippen LogP contribution in [0.25, 0.3) is 0 Å². The van der Waals surface area contributed by atoms with E-state index in [9.17, 15) is 14.4 Å². The summed E-state index contributed by atoms with van der Waals surface area (Å²) in [5.41, 5.74) is 2.47. The molecule has 2 heterocycles. The molecule has 0 aliphatic carbocycles. The Balaban J connectivity index is 2.06. The molecule has 8 heteroatoms. The summed E-state index contributed by atoms with van der Waals surface area (Å²) in [4.78, 5) is 38.6. The molecule has 0 aliphatic heterocycles. The number of carbonyl (C=O) groups is 2. The third-order valence-corrected chi connectivity index (χ3v) is 4.53. The number of H-pyrrole nitrogens is 1. The number of aromatic amines is 1. The maximum atomic E-state index is 12.2. The lowest BCUT2D eigenvalue weighted by atomic mass is 10.1. The SMILES string of the molecule is CCOC(=O)c1c(C)[nH]c(C(=O)OCCn2c(C)csc2=O)c1C. The van der Waals surface area contributed by atoms with Crippen molar-refractivity contribution in [3.63, 3.8) is 0 Å². The zero-order valence-electron chi connectivity index (χ0n) is 14.1. The van der Waals surface area contributed by atoms with Crippen LogP contribution in [-0.2, 0) is 16.0 Å². The molecule has 0 unspecified atom stereocenters. The molecule has 2 rings (SSSR count). The number of aromatic nitrogens is 2. The van der Waals surface area contributed by atoms with Crippen molar-refractivity contribution < 1.29 is 19.1 Å². The van der Waals surface area contributed by atoms with E-state index in [4.69, 9.17) is 9.47 Å². The lowest BCUT2D eigenvalue weighted by Gasteiger charge is -2.06. The number of aryl methyl sites for hydroxylation is 2. The highest BCUT2D eigenvalue weighted by Gasteiger charge is 2.23. The van der Waals surface area contributed by atoms with Crippen molar-refractivity contribution in [2.24, 2.45) is 0 Å². The van der Waals surface area contributed by atoms with Crippen LogP contribution in [0.1, 0.15) is 44.7 Å². The predicted molar refractivity (Wildman–Crippen MR) is 89.8 cm³/mol. The summed E-state index contributed by atoms with van der Waals surface area (Å²) >= 11 is 1.11. The number of carbonyl (C=O) groups excluding carboxylic acids is 2. The molecule has 130 valence electrons. The number of thiazole rings is 1. The van der Waals surface area contributed by atoms with Gasteiger partial charge in [0, 0.05) is 16.8 Å². The minimum Gasteiger partial charge on any atom is -0.462 e. The molecule has 0 bridgehead atoms. The molecule has 1 N–H and O–H groups in total. The second kappa shape index (κ2) is 7.48. The third-order valence-electron chi connectivity index (χ3n) is 3.65. The molecule has 0 saturated heterocycles. The minimum absolute atomic E-state index is 0.0720. The number of ether oxygens (including phenoxy) is 2. The van der Waals surface area contributed by atoms with Crippen LogP contribution < -0.4 is 4.87 Å². The van der Waals surface area contributed by atoms with Gasteiger partial charge in [-0.1, -0.05) is 11.3 Å². The van der Waals surface area contributed by atoms with Gasteiger partial charge >= 0.3 is 16.8 Å². The molecule has 24 heavy (non-hydrogen) atoms. The van der Waals surface area contributed by atoms with Gasteiger partial charge in [0.05, 0.1) is 18.7 Å². The van der Waals surface area contributed by atoms with E-state index in [-0.39, 0.29) is 23.8 Å². The highest BCUT2D eigenvalue weighted by atomic mass is 32.1. The monoisotopic (exact) mass is 352 g/mol. The Morgan fingerprint density at radius 1 is 1.21 bits per heavy atom. The second-order valence-corrected chi connectivity index (χ2v) is 6.10. The van der Waals surface area contributed by atoms with Crippen LogP contribution in [0.15, 0.2) is 10.2 Å². The first-order valence-electron chi connectivity index (χ1n) is 7.55. The van der Waals surface area contributed by atoms with Gasteiger partial charge in [-0.25, -0.2) is 9.59 Å². The molecule has 0 amide bonds. The summed E-state index contributed by atoms with van der Waals surface area (Å²) in [6.07, 6.45) is 0. The van der Waals surface area contributed by atoms with Gasteiger partial charge in [0.1, 0.15) is 12.3 Å². The molecule has 0 aliphatic rings. The first kappa shape index (κ1) is 18.0. The van der Waals surface area contributed by atoms with E-state index in [0.717, 1.165) is 17.0 Å². The molecule has 0 aromatic carbocycles. The van der Waals surface area contributed by atoms with E-state index >= 15 is 0 Å². The molecule has 0 radical (unpaired) electrons. The van der Waals surface area contributed by atoms with Crippen molar-refractivity contribution in [2.75, 3.05) is 13.2 Å². The first-order chi connectivity index (χ1) is 11.4. The topological polar surface area (TPSA) is 90.4 Å². The van der Waals surface area contributed by atoms with Crippen molar-refractivity contribution in [1.82, 2.24) is 9.55 Å². The van der Waals surface area contributed by atoms with E-state index in [2.05, 4.69) is 4.98 Å². The van der Waals surface area contributed by atoms with E-state index in [1.165, 1.54) is 0 Å². The second-order valence-electron chi connectivity index (χ2n) is 5.28. The van der Waals surface area contributed by atoms with Crippen LogP contribution in [0.2, 0.25) is 0 Å². The van der Waals surface area contributed by atoms with E-state index < -0.39 is 11.9 Å². The molecule has 2 aromatic heterocycles.